The Morgan fingerprint density at radius 3 is 1.61 bits per heavy atom. The monoisotopic (exact) mass is 927 g/mol. The van der Waals surface area contributed by atoms with Crippen LogP contribution in [-0.4, -0.2) is 0 Å². The van der Waals surface area contributed by atoms with E-state index in [-0.39, 0.29) is 0 Å². The van der Waals surface area contributed by atoms with Gasteiger partial charge in [-0.05, 0) is 182 Å². The average Bonchev–Trinajstić information content (AvgIpc) is 3.94. The van der Waals surface area contributed by atoms with Crippen molar-refractivity contribution in [2.75, 3.05) is 4.90 Å². The van der Waals surface area contributed by atoms with Crippen molar-refractivity contribution in [1.82, 2.24) is 0 Å². The van der Waals surface area contributed by atoms with E-state index in [1.54, 1.807) is 5.56 Å². The molecule has 11 aromatic rings. The van der Waals surface area contributed by atoms with E-state index in [1.165, 1.54) is 125 Å². The highest BCUT2D eigenvalue weighted by Crippen LogP contribution is 2.63. The highest BCUT2D eigenvalue weighted by molar-refractivity contribution is 7.25. The van der Waals surface area contributed by atoms with Gasteiger partial charge in [0.25, 0.3) is 0 Å². The Bertz CT molecular complexity index is 3770. The van der Waals surface area contributed by atoms with E-state index in [9.17, 15) is 0 Å². The molecule has 4 bridgehead atoms. The van der Waals surface area contributed by atoms with Crippen molar-refractivity contribution in [2.24, 2.45) is 17.8 Å². The van der Waals surface area contributed by atoms with Gasteiger partial charge < -0.3 is 4.90 Å². The van der Waals surface area contributed by atoms with Crippen LogP contribution in [0, 0.1) is 17.8 Å². The molecule has 2 heteroatoms. The van der Waals surface area contributed by atoms with E-state index in [2.05, 4.69) is 235 Å². The molecule has 0 saturated heterocycles. The predicted molar refractivity (Wildman–Crippen MR) is 300 cm³/mol. The molecule has 1 aromatic heterocycles. The molecular weight excluding hydrogens is 875 g/mol. The average molecular weight is 928 g/mol. The number of nitrogens with zero attached hydrogens (tertiary/aromatic N) is 1. The van der Waals surface area contributed by atoms with Crippen LogP contribution in [-0.2, 0) is 10.8 Å². The fourth-order valence-corrected chi connectivity index (χ4v) is 16.0. The van der Waals surface area contributed by atoms with Gasteiger partial charge in [0.2, 0.25) is 0 Å². The zero-order valence-corrected chi connectivity index (χ0v) is 40.6. The predicted octanol–water partition coefficient (Wildman–Crippen LogP) is 18.8. The van der Waals surface area contributed by atoms with Gasteiger partial charge in [0.1, 0.15) is 0 Å². The molecule has 0 aliphatic heterocycles. The lowest BCUT2D eigenvalue weighted by Crippen LogP contribution is -2.48. The van der Waals surface area contributed by atoms with Crippen molar-refractivity contribution < 1.29 is 0 Å². The van der Waals surface area contributed by atoms with Gasteiger partial charge in [-0.25, -0.2) is 0 Å². The van der Waals surface area contributed by atoms with Crippen LogP contribution in [0.1, 0.15) is 66.3 Å². The number of benzene rings is 10. The van der Waals surface area contributed by atoms with Crippen LogP contribution in [0.3, 0.4) is 0 Å². The lowest BCUT2D eigenvalue weighted by atomic mass is 9.48. The van der Waals surface area contributed by atoms with Gasteiger partial charge in [-0.2, -0.15) is 0 Å². The zero-order valence-electron chi connectivity index (χ0n) is 39.8. The summed E-state index contributed by atoms with van der Waals surface area (Å²) in [5.74, 6) is 2.67. The Hall–Kier alpha value is -7.52. The number of rotatable bonds is 8. The Balaban J connectivity index is 0.940. The normalized spacial score (nSPS) is 20.4. The van der Waals surface area contributed by atoms with Gasteiger partial charge in [-0.3, -0.25) is 0 Å². The molecule has 1 nitrogen and oxygen atoms in total. The quantitative estimate of drug-likeness (QED) is 0.147. The van der Waals surface area contributed by atoms with Crippen LogP contribution < -0.4 is 4.90 Å². The number of thiophene rings is 1. The standard InChI is InChI=1S/C69H53NS/c1-4-14-48(15-5-1)57-23-12-16-50-17-13-24-58(67(50)57)49-26-29-54(30-27-49)70(55-32-35-66-62(40-55)60-22-10-11-25-65(60)71-66)56-31-33-59-61-39-53(68-42-45-36-46(43-68)38-47(37-45)44-68)28-34-63(61)69(64(59)41-56,51-18-6-2-7-19-51)52-20-8-3-9-21-52/h1-35,39-41,45-47H,36-38,42-44H2. The summed E-state index contributed by atoms with van der Waals surface area (Å²) in [6.45, 7) is 0. The first-order chi connectivity index (χ1) is 35.1. The molecule has 4 saturated carbocycles. The van der Waals surface area contributed by atoms with Crippen molar-refractivity contribution in [1.29, 1.82) is 0 Å². The second kappa shape index (κ2) is 16.0. The van der Waals surface area contributed by atoms with Gasteiger partial charge in [-0.1, -0.05) is 182 Å². The van der Waals surface area contributed by atoms with Crippen LogP contribution >= 0.6 is 11.3 Å². The van der Waals surface area contributed by atoms with Gasteiger partial charge in [0.05, 0.1) is 5.41 Å². The summed E-state index contributed by atoms with van der Waals surface area (Å²) in [5, 5.41) is 5.13. The Morgan fingerprint density at radius 1 is 0.366 bits per heavy atom. The molecule has 0 spiro atoms. The Kier molecular flexibility index (Phi) is 9.30. The molecule has 0 N–H and O–H groups in total. The molecule has 5 aliphatic rings. The van der Waals surface area contributed by atoms with Crippen molar-refractivity contribution in [2.45, 2.75) is 49.4 Å². The Morgan fingerprint density at radius 2 is 0.930 bits per heavy atom. The molecule has 0 unspecified atom stereocenters. The van der Waals surface area contributed by atoms with Crippen molar-refractivity contribution in [3.05, 3.63) is 258 Å². The summed E-state index contributed by atoms with van der Waals surface area (Å²) < 4.78 is 2.63. The van der Waals surface area contributed by atoms with Crippen LogP contribution in [0.25, 0.3) is 64.3 Å². The van der Waals surface area contributed by atoms with Crippen LogP contribution in [0.15, 0.2) is 231 Å². The summed E-state index contributed by atoms with van der Waals surface area (Å²) in [5.41, 5.74) is 17.8. The first-order valence-electron chi connectivity index (χ1n) is 25.9. The third kappa shape index (κ3) is 6.37. The van der Waals surface area contributed by atoms with E-state index in [0.717, 1.165) is 34.8 Å². The lowest BCUT2D eigenvalue weighted by Gasteiger charge is -2.57. The third-order valence-electron chi connectivity index (χ3n) is 17.5. The largest absolute Gasteiger partial charge is 0.310 e. The number of hydrogen-bond acceptors (Lipinski definition) is 2. The van der Waals surface area contributed by atoms with Crippen LogP contribution in [0.5, 0.6) is 0 Å². The molecule has 4 fully saturated rings. The fourth-order valence-electron chi connectivity index (χ4n) is 14.9. The van der Waals surface area contributed by atoms with Gasteiger partial charge in [0, 0.05) is 37.2 Å². The molecule has 0 radical (unpaired) electrons. The van der Waals surface area contributed by atoms with Crippen molar-refractivity contribution >= 4 is 59.3 Å². The smallest absolute Gasteiger partial charge is 0.0714 e. The molecule has 16 rings (SSSR count). The van der Waals surface area contributed by atoms with E-state index in [4.69, 9.17) is 0 Å². The van der Waals surface area contributed by atoms with Crippen LogP contribution in [0.2, 0.25) is 0 Å². The molecule has 71 heavy (non-hydrogen) atoms. The molecule has 0 amide bonds. The molecule has 0 atom stereocenters. The molecular formula is C69H53NS. The fraction of sp³-hybridized carbons (Fsp3) is 0.159. The lowest BCUT2D eigenvalue weighted by molar-refractivity contribution is -0.00517. The maximum absolute atomic E-state index is 2.68. The van der Waals surface area contributed by atoms with Gasteiger partial charge in [0.15, 0.2) is 0 Å². The van der Waals surface area contributed by atoms with E-state index in [1.807, 2.05) is 11.3 Å². The zero-order chi connectivity index (χ0) is 46.7. The number of hydrogen-bond donors (Lipinski definition) is 0. The highest BCUT2D eigenvalue weighted by atomic mass is 32.1. The summed E-state index contributed by atoms with van der Waals surface area (Å²) in [6, 6.07) is 87.6. The second-order valence-electron chi connectivity index (χ2n) is 21.4. The number of fused-ring (bicyclic) bond motifs is 7. The van der Waals surface area contributed by atoms with E-state index in [0.29, 0.717) is 5.41 Å². The third-order valence-corrected chi connectivity index (χ3v) is 18.6. The highest BCUT2D eigenvalue weighted by Gasteiger charge is 2.53. The minimum Gasteiger partial charge on any atom is -0.310 e. The Labute approximate surface area is 420 Å². The molecule has 5 aliphatic carbocycles. The summed E-state index contributed by atoms with van der Waals surface area (Å²) in [7, 11) is 0. The minimum absolute atomic E-state index is 0.303. The van der Waals surface area contributed by atoms with Gasteiger partial charge >= 0.3 is 0 Å². The van der Waals surface area contributed by atoms with Crippen LogP contribution in [0.4, 0.5) is 17.1 Å². The van der Waals surface area contributed by atoms with E-state index < -0.39 is 5.41 Å². The first kappa shape index (κ1) is 41.3. The minimum atomic E-state index is -0.517. The second-order valence-corrected chi connectivity index (χ2v) is 22.5. The maximum Gasteiger partial charge on any atom is 0.0714 e. The summed E-state index contributed by atoms with van der Waals surface area (Å²) in [4.78, 5) is 2.51. The molecule has 340 valence electrons. The van der Waals surface area contributed by atoms with E-state index >= 15 is 0 Å². The SMILES string of the molecule is c1ccc(-c2cccc3cccc(-c4ccc(N(c5ccc6c(c5)C(c5ccccc5)(c5ccccc5)c5ccc(C78CC9CC(CC(C9)C7)C8)cc5-6)c5ccc6sc7ccccc7c6c5)cc4)c23)cc1. The summed E-state index contributed by atoms with van der Waals surface area (Å²) in [6.07, 6.45) is 8.44. The maximum atomic E-state index is 2.68. The number of anilines is 3. The molecule has 10 aromatic carbocycles. The topological polar surface area (TPSA) is 3.24 Å². The van der Waals surface area contributed by atoms with Gasteiger partial charge in [-0.15, -0.1) is 11.3 Å². The van der Waals surface area contributed by atoms with Crippen molar-refractivity contribution in [3.8, 4) is 33.4 Å². The first-order valence-corrected chi connectivity index (χ1v) is 26.7. The molecule has 1 heterocycles. The summed E-state index contributed by atoms with van der Waals surface area (Å²) >= 11 is 1.88. The van der Waals surface area contributed by atoms with Crippen molar-refractivity contribution in [3.63, 3.8) is 0 Å².